The number of halogens is 1. The van der Waals surface area contributed by atoms with Crippen molar-refractivity contribution in [1.29, 1.82) is 0 Å². The van der Waals surface area contributed by atoms with Gasteiger partial charge in [-0.25, -0.2) is 4.39 Å². The van der Waals surface area contributed by atoms with Crippen molar-refractivity contribution in [1.82, 2.24) is 0 Å². The summed E-state index contributed by atoms with van der Waals surface area (Å²) in [5.74, 6) is -1.60. The minimum absolute atomic E-state index is 0. The predicted octanol–water partition coefficient (Wildman–Crippen LogP) is -0.848. The number of nitrogens with zero attached hydrogens (tertiary/aromatic N) is 1. The van der Waals surface area contributed by atoms with Crippen molar-refractivity contribution in [3.05, 3.63) is 35.8 Å². The van der Waals surface area contributed by atoms with E-state index in [1.54, 1.807) is 0 Å². The van der Waals surface area contributed by atoms with Crippen LogP contribution in [0.1, 0.15) is 12.8 Å². The van der Waals surface area contributed by atoms with E-state index in [0.29, 0.717) is 18.5 Å². The molecule has 1 aliphatic carbocycles. The largest absolute Gasteiger partial charge is 1.00 e. The van der Waals surface area contributed by atoms with Crippen molar-refractivity contribution in [2.24, 2.45) is 5.41 Å². The van der Waals surface area contributed by atoms with Crippen molar-refractivity contribution in [3.63, 3.8) is 0 Å². The number of anilines is 1. The summed E-state index contributed by atoms with van der Waals surface area (Å²) in [5, 5.41) is 0. The molecule has 1 fully saturated rings. The molecule has 0 aliphatic heterocycles. The Morgan fingerprint density at radius 3 is 2.17 bits per heavy atom. The first-order valence-electron chi connectivity index (χ1n) is 5.27. The van der Waals surface area contributed by atoms with E-state index in [2.05, 4.69) is 0 Å². The van der Waals surface area contributed by atoms with E-state index in [4.69, 9.17) is 5.73 Å². The number of benzene rings is 1. The van der Waals surface area contributed by atoms with Gasteiger partial charge in [-0.3, -0.25) is 4.79 Å². The smallest absolute Gasteiger partial charge is 0.667 e. The molecule has 0 unspecified atom stereocenters. The maximum absolute atomic E-state index is 12.7. The fourth-order valence-electron chi connectivity index (χ4n) is 1.77. The molecule has 6 heteroatoms. The van der Waals surface area contributed by atoms with Gasteiger partial charge in [0.15, 0.2) is 0 Å². The Bertz CT molecular complexity index is 471. The maximum atomic E-state index is 12.7. The summed E-state index contributed by atoms with van der Waals surface area (Å²) in [7, 11) is 1.53. The van der Waals surface area contributed by atoms with E-state index in [1.807, 2.05) is 0 Å². The molecule has 1 saturated carbocycles. The second-order valence-electron chi connectivity index (χ2n) is 4.25. The van der Waals surface area contributed by atoms with Crippen LogP contribution >= 0.6 is 0 Å². The normalized spacial score (nSPS) is 15.4. The molecule has 0 saturated heterocycles. The predicted molar refractivity (Wildman–Crippen MR) is 60.8 cm³/mol. The first-order valence-corrected chi connectivity index (χ1v) is 5.27. The number of carbonyl (C=O) groups is 2. The second kappa shape index (κ2) is 5.79. The average Bonchev–Trinajstić information content (AvgIpc) is 3.09. The molecule has 1 aromatic rings. The molecule has 0 atom stereocenters. The molecule has 1 aliphatic rings. The zero-order chi connectivity index (χ0) is 12.6. The van der Waals surface area contributed by atoms with Crippen molar-refractivity contribution in [2.45, 2.75) is 12.8 Å². The standard InChI is InChI=1S/C12H13FN2O2.K/c1-15(9-4-2-8(13)3-5-9)11(17)12(6-7-12)10(14)16;/h2-5H,6-7H2,1H3,(H2,14,16);/q;+1/p-1. The fraction of sp³-hybridized carbons (Fsp3) is 0.333. The first-order chi connectivity index (χ1) is 7.97. The molecule has 18 heavy (non-hydrogen) atoms. The Balaban J connectivity index is 0.00000162. The summed E-state index contributed by atoms with van der Waals surface area (Å²) >= 11 is 0. The molecule has 1 aromatic carbocycles. The van der Waals surface area contributed by atoms with Crippen LogP contribution < -0.4 is 56.3 Å². The van der Waals surface area contributed by atoms with E-state index < -0.39 is 11.3 Å². The quantitative estimate of drug-likeness (QED) is 0.532. The van der Waals surface area contributed by atoms with Gasteiger partial charge in [-0.1, -0.05) is 0 Å². The number of amides is 2. The van der Waals surface area contributed by atoms with Gasteiger partial charge in [-0.2, -0.15) is 0 Å². The zero-order valence-corrected chi connectivity index (χ0v) is 13.5. The van der Waals surface area contributed by atoms with E-state index >= 15 is 0 Å². The van der Waals surface area contributed by atoms with E-state index in [9.17, 15) is 14.0 Å². The minimum atomic E-state index is -1.15. The van der Waals surface area contributed by atoms with Crippen molar-refractivity contribution >= 4 is 17.5 Å². The van der Waals surface area contributed by atoms with Gasteiger partial charge in [-0.05, 0) is 37.1 Å². The average molecular weight is 274 g/mol. The third-order valence-electron chi connectivity index (χ3n) is 3.11. The van der Waals surface area contributed by atoms with Gasteiger partial charge in [0, 0.05) is 12.7 Å². The second-order valence-corrected chi connectivity index (χ2v) is 4.25. The third-order valence-corrected chi connectivity index (χ3v) is 3.11. The van der Waals surface area contributed by atoms with E-state index in [-0.39, 0.29) is 63.1 Å². The molecule has 1 N–H and O–H groups in total. The molecule has 0 radical (unpaired) electrons. The van der Waals surface area contributed by atoms with Crippen LogP contribution in [0, 0.1) is 11.2 Å². The number of carbonyl (C=O) groups excluding carboxylic acids is 2. The number of rotatable bonds is 3. The van der Waals surface area contributed by atoms with Crippen LogP contribution in [0.15, 0.2) is 24.3 Å². The van der Waals surface area contributed by atoms with Gasteiger partial charge in [0.2, 0.25) is 5.91 Å². The van der Waals surface area contributed by atoms with Gasteiger partial charge < -0.3 is 15.4 Å². The van der Waals surface area contributed by atoms with Gasteiger partial charge in [-0.15, -0.1) is 0 Å². The Hall–Kier alpha value is -0.274. The maximum Gasteiger partial charge on any atom is 1.00 e. The summed E-state index contributed by atoms with van der Waals surface area (Å²) in [6, 6.07) is 5.44. The monoisotopic (exact) mass is 274 g/mol. The molecule has 0 heterocycles. The molecule has 90 valence electrons. The van der Waals surface area contributed by atoms with Crippen LogP contribution in [0.4, 0.5) is 10.1 Å². The van der Waals surface area contributed by atoms with Crippen molar-refractivity contribution in [2.75, 3.05) is 11.9 Å². The van der Waals surface area contributed by atoms with Crippen molar-refractivity contribution < 1.29 is 65.4 Å². The van der Waals surface area contributed by atoms with Crippen LogP contribution in [0.3, 0.4) is 0 Å². The number of hydrogen-bond donors (Lipinski definition) is 0. The Labute approximate surface area is 147 Å². The number of hydrogen-bond acceptors (Lipinski definition) is 2. The van der Waals surface area contributed by atoms with Crippen LogP contribution in [0.25, 0.3) is 5.73 Å². The van der Waals surface area contributed by atoms with Crippen LogP contribution in [0.5, 0.6) is 0 Å². The fourth-order valence-corrected chi connectivity index (χ4v) is 1.77. The Morgan fingerprint density at radius 1 is 1.28 bits per heavy atom. The first kappa shape index (κ1) is 15.8. The van der Waals surface area contributed by atoms with Crippen LogP contribution in [-0.2, 0) is 9.59 Å². The zero-order valence-electron chi connectivity index (χ0n) is 10.4. The molecular formula is C12H12FKN2O2. The Kier molecular flexibility index (Phi) is 5.08. The Morgan fingerprint density at radius 2 is 1.78 bits per heavy atom. The molecule has 4 nitrogen and oxygen atoms in total. The summed E-state index contributed by atoms with van der Waals surface area (Å²) in [6.07, 6.45) is 0.861. The summed E-state index contributed by atoms with van der Waals surface area (Å²) in [4.78, 5) is 24.5. The SMILES string of the molecule is CN(C(=O)C1(C([NH-])=O)CC1)c1ccc(F)cc1.[K+]. The van der Waals surface area contributed by atoms with Crippen LogP contribution in [0.2, 0.25) is 0 Å². The molecular weight excluding hydrogens is 262 g/mol. The third kappa shape index (κ3) is 2.83. The molecule has 0 bridgehead atoms. The molecule has 2 amide bonds. The van der Waals surface area contributed by atoms with Crippen molar-refractivity contribution in [3.8, 4) is 0 Å². The molecule has 0 aromatic heterocycles. The summed E-state index contributed by atoms with van der Waals surface area (Å²) in [5.41, 5.74) is 6.48. The summed E-state index contributed by atoms with van der Waals surface area (Å²) < 4.78 is 12.7. The van der Waals surface area contributed by atoms with Crippen LogP contribution in [-0.4, -0.2) is 18.9 Å². The summed E-state index contributed by atoms with van der Waals surface area (Å²) in [6.45, 7) is 0. The van der Waals surface area contributed by atoms with E-state index in [0.717, 1.165) is 0 Å². The molecule has 2 rings (SSSR count). The molecule has 0 spiro atoms. The van der Waals surface area contributed by atoms with E-state index in [1.165, 1.54) is 36.2 Å². The minimum Gasteiger partial charge on any atom is -0.667 e. The topological polar surface area (TPSA) is 61.2 Å². The van der Waals surface area contributed by atoms with Gasteiger partial charge >= 0.3 is 51.4 Å². The van der Waals surface area contributed by atoms with Gasteiger partial charge in [0.05, 0.1) is 11.3 Å². The number of nitrogens with one attached hydrogen (secondary N) is 1. The van der Waals surface area contributed by atoms with Gasteiger partial charge in [0.25, 0.3) is 0 Å². The van der Waals surface area contributed by atoms with Gasteiger partial charge in [0.1, 0.15) is 5.82 Å².